The summed E-state index contributed by atoms with van der Waals surface area (Å²) in [5, 5.41) is 8.72. The second-order valence-corrected chi connectivity index (χ2v) is 4.11. The average molecular weight is 251 g/mol. The molecule has 1 aliphatic rings. The number of anilines is 1. The zero-order valence-corrected chi connectivity index (χ0v) is 10.4. The van der Waals surface area contributed by atoms with Crippen LogP contribution in [0.5, 0.6) is 11.5 Å². The Hall–Kier alpha value is -1.75. The van der Waals surface area contributed by atoms with Crippen molar-refractivity contribution in [1.29, 1.82) is 0 Å². The highest BCUT2D eigenvalue weighted by atomic mass is 16.6. The molecule has 1 N–H and O–H groups in total. The minimum Gasteiger partial charge on any atom is -0.486 e. The van der Waals surface area contributed by atoms with E-state index in [0.29, 0.717) is 37.6 Å². The van der Waals surface area contributed by atoms with E-state index in [-0.39, 0.29) is 12.5 Å². The van der Waals surface area contributed by atoms with Gasteiger partial charge in [0.25, 0.3) is 0 Å². The summed E-state index contributed by atoms with van der Waals surface area (Å²) < 4.78 is 10.9. The Balaban J connectivity index is 2.10. The monoisotopic (exact) mass is 251 g/mol. The minimum atomic E-state index is -0.0271. The van der Waals surface area contributed by atoms with E-state index in [4.69, 9.17) is 14.6 Å². The highest BCUT2D eigenvalue weighted by molar-refractivity contribution is 5.93. The molecule has 2 rings (SSSR count). The van der Waals surface area contributed by atoms with Crippen LogP contribution >= 0.6 is 0 Å². The molecule has 0 radical (unpaired) electrons. The van der Waals surface area contributed by atoms with Crippen molar-refractivity contribution >= 4 is 11.6 Å². The van der Waals surface area contributed by atoms with Crippen LogP contribution in [0.4, 0.5) is 5.69 Å². The van der Waals surface area contributed by atoms with Crippen molar-refractivity contribution in [2.75, 3.05) is 31.8 Å². The molecule has 98 valence electrons. The van der Waals surface area contributed by atoms with E-state index in [9.17, 15) is 4.79 Å². The molecule has 0 spiro atoms. The normalized spacial score (nSPS) is 13.2. The molecule has 0 bridgehead atoms. The predicted octanol–water partition coefficient (Wildman–Crippen LogP) is 1.19. The van der Waals surface area contributed by atoms with Gasteiger partial charge in [-0.25, -0.2) is 0 Å². The number of rotatable bonds is 4. The molecule has 0 atom stereocenters. The van der Waals surface area contributed by atoms with Gasteiger partial charge in [0.05, 0.1) is 0 Å². The minimum absolute atomic E-state index is 0.0271. The zero-order chi connectivity index (χ0) is 13.0. The molecule has 5 nitrogen and oxygen atoms in total. The fourth-order valence-electron chi connectivity index (χ4n) is 1.78. The van der Waals surface area contributed by atoms with E-state index in [1.165, 1.54) is 0 Å². The van der Waals surface area contributed by atoms with Gasteiger partial charge in [-0.2, -0.15) is 0 Å². The maximum atomic E-state index is 11.8. The van der Waals surface area contributed by atoms with Crippen molar-refractivity contribution in [1.82, 2.24) is 0 Å². The maximum Gasteiger partial charge on any atom is 0.226 e. The quantitative estimate of drug-likeness (QED) is 0.873. The van der Waals surface area contributed by atoms with Gasteiger partial charge in [-0.15, -0.1) is 0 Å². The molecule has 1 aromatic carbocycles. The van der Waals surface area contributed by atoms with E-state index in [1.807, 2.05) is 6.07 Å². The molecule has 0 aromatic heterocycles. The molecule has 0 saturated carbocycles. The fourth-order valence-corrected chi connectivity index (χ4v) is 1.78. The van der Waals surface area contributed by atoms with Crippen LogP contribution in [0.2, 0.25) is 0 Å². The SMILES string of the molecule is CN(C(=O)CCCO)c1ccc2c(c1)OCCO2. The Morgan fingerprint density at radius 3 is 2.78 bits per heavy atom. The van der Waals surface area contributed by atoms with Crippen LogP contribution in [0, 0.1) is 0 Å². The Labute approximate surface area is 106 Å². The first-order valence-electron chi connectivity index (χ1n) is 5.99. The van der Waals surface area contributed by atoms with Crippen LogP contribution in [0.25, 0.3) is 0 Å². The van der Waals surface area contributed by atoms with Crippen LogP contribution in [-0.2, 0) is 4.79 Å². The lowest BCUT2D eigenvalue weighted by atomic mass is 10.2. The summed E-state index contributed by atoms with van der Waals surface area (Å²) in [5.41, 5.74) is 0.766. The van der Waals surface area contributed by atoms with Gasteiger partial charge in [-0.05, 0) is 18.6 Å². The topological polar surface area (TPSA) is 59.0 Å². The Bertz CT molecular complexity index is 433. The first-order valence-corrected chi connectivity index (χ1v) is 5.99. The smallest absolute Gasteiger partial charge is 0.226 e. The summed E-state index contributed by atoms with van der Waals surface area (Å²) in [6, 6.07) is 5.43. The van der Waals surface area contributed by atoms with Gasteiger partial charge >= 0.3 is 0 Å². The van der Waals surface area contributed by atoms with E-state index in [0.717, 1.165) is 5.69 Å². The third kappa shape index (κ3) is 2.73. The number of amides is 1. The highest BCUT2D eigenvalue weighted by Crippen LogP contribution is 2.33. The molecule has 18 heavy (non-hydrogen) atoms. The molecule has 0 aliphatic carbocycles. The molecule has 0 saturated heterocycles. The molecule has 5 heteroatoms. The molecule has 1 aromatic rings. The summed E-state index contributed by atoms with van der Waals surface area (Å²) in [4.78, 5) is 13.4. The van der Waals surface area contributed by atoms with Gasteiger partial charge in [-0.3, -0.25) is 4.79 Å². The summed E-state index contributed by atoms with van der Waals surface area (Å²) in [6.07, 6.45) is 0.815. The number of hydrogen-bond donors (Lipinski definition) is 1. The number of carbonyl (C=O) groups is 1. The lowest BCUT2D eigenvalue weighted by Crippen LogP contribution is -2.26. The van der Waals surface area contributed by atoms with Crippen LogP contribution in [-0.4, -0.2) is 37.9 Å². The summed E-state index contributed by atoms with van der Waals surface area (Å²) in [5.74, 6) is 1.35. The lowest BCUT2D eigenvalue weighted by molar-refractivity contribution is -0.118. The van der Waals surface area contributed by atoms with Crippen LogP contribution < -0.4 is 14.4 Å². The van der Waals surface area contributed by atoms with E-state index in [1.54, 1.807) is 24.1 Å². The molecule has 0 unspecified atom stereocenters. The van der Waals surface area contributed by atoms with E-state index in [2.05, 4.69) is 0 Å². The molecular weight excluding hydrogens is 234 g/mol. The number of fused-ring (bicyclic) bond motifs is 1. The number of carbonyl (C=O) groups excluding carboxylic acids is 1. The Morgan fingerprint density at radius 1 is 1.33 bits per heavy atom. The number of hydrogen-bond acceptors (Lipinski definition) is 4. The summed E-state index contributed by atoms with van der Waals surface area (Å²) in [6.45, 7) is 1.11. The second-order valence-electron chi connectivity index (χ2n) is 4.11. The second kappa shape index (κ2) is 5.73. The van der Waals surface area contributed by atoms with Gasteiger partial charge in [-0.1, -0.05) is 0 Å². The van der Waals surface area contributed by atoms with Crippen molar-refractivity contribution in [3.8, 4) is 11.5 Å². The largest absolute Gasteiger partial charge is 0.486 e. The predicted molar refractivity (Wildman–Crippen MR) is 67.2 cm³/mol. The number of ether oxygens (including phenoxy) is 2. The fraction of sp³-hybridized carbons (Fsp3) is 0.462. The zero-order valence-electron chi connectivity index (χ0n) is 10.4. The van der Waals surface area contributed by atoms with E-state index >= 15 is 0 Å². The van der Waals surface area contributed by atoms with Crippen molar-refractivity contribution in [3.05, 3.63) is 18.2 Å². The third-order valence-electron chi connectivity index (χ3n) is 2.84. The lowest BCUT2D eigenvalue weighted by Gasteiger charge is -2.22. The molecule has 1 aliphatic heterocycles. The number of benzene rings is 1. The maximum absolute atomic E-state index is 11.8. The van der Waals surface area contributed by atoms with Gasteiger partial charge in [0, 0.05) is 31.8 Å². The molecular formula is C13H17NO4. The van der Waals surface area contributed by atoms with Gasteiger partial charge < -0.3 is 19.5 Å². The van der Waals surface area contributed by atoms with Gasteiger partial charge in [0.2, 0.25) is 5.91 Å². The molecule has 1 heterocycles. The van der Waals surface area contributed by atoms with Crippen molar-refractivity contribution in [2.24, 2.45) is 0 Å². The van der Waals surface area contributed by atoms with Gasteiger partial charge in [0.15, 0.2) is 11.5 Å². The average Bonchev–Trinajstić information content (AvgIpc) is 2.43. The van der Waals surface area contributed by atoms with Crippen molar-refractivity contribution in [3.63, 3.8) is 0 Å². The highest BCUT2D eigenvalue weighted by Gasteiger charge is 2.16. The Morgan fingerprint density at radius 2 is 2.06 bits per heavy atom. The number of nitrogens with zero attached hydrogens (tertiary/aromatic N) is 1. The number of aliphatic hydroxyl groups excluding tert-OH is 1. The van der Waals surface area contributed by atoms with Crippen molar-refractivity contribution < 1.29 is 19.4 Å². The Kier molecular flexibility index (Phi) is 4.04. The van der Waals surface area contributed by atoms with Gasteiger partial charge in [0.1, 0.15) is 13.2 Å². The van der Waals surface area contributed by atoms with E-state index < -0.39 is 0 Å². The first-order chi connectivity index (χ1) is 8.72. The molecule has 1 amide bonds. The van der Waals surface area contributed by atoms with Crippen LogP contribution in [0.15, 0.2) is 18.2 Å². The molecule has 0 fully saturated rings. The summed E-state index contributed by atoms with van der Waals surface area (Å²) >= 11 is 0. The van der Waals surface area contributed by atoms with Crippen LogP contribution in [0.3, 0.4) is 0 Å². The van der Waals surface area contributed by atoms with Crippen molar-refractivity contribution in [2.45, 2.75) is 12.8 Å². The summed E-state index contributed by atoms with van der Waals surface area (Å²) in [7, 11) is 1.71. The first kappa shape index (κ1) is 12.7. The number of aliphatic hydroxyl groups is 1. The van der Waals surface area contributed by atoms with Crippen LogP contribution in [0.1, 0.15) is 12.8 Å². The third-order valence-corrected chi connectivity index (χ3v) is 2.84. The standard InChI is InChI=1S/C13H17NO4/c1-14(13(16)3-2-6-15)10-4-5-11-12(9-10)18-8-7-17-11/h4-5,9,15H,2-3,6-8H2,1H3.